The van der Waals surface area contributed by atoms with Gasteiger partial charge in [0.2, 0.25) is 17.7 Å². The Morgan fingerprint density at radius 1 is 0.780 bits per heavy atom. The minimum atomic E-state index is -1.27. The summed E-state index contributed by atoms with van der Waals surface area (Å²) in [6, 6.07) is 21.5. The molecular formula is C38H45N5O7. The van der Waals surface area contributed by atoms with E-state index in [4.69, 9.17) is 10.1 Å². The number of nitrogens with one attached hydrogen (secondary N) is 5. The van der Waals surface area contributed by atoms with Gasteiger partial charge in [-0.1, -0.05) is 92.7 Å². The summed E-state index contributed by atoms with van der Waals surface area (Å²) in [7, 11) is 0. The zero-order valence-corrected chi connectivity index (χ0v) is 28.3. The number of alkyl carbamates (subject to hydrolysis) is 1. The Morgan fingerprint density at radius 3 is 1.96 bits per heavy atom. The van der Waals surface area contributed by atoms with Crippen molar-refractivity contribution in [3.63, 3.8) is 0 Å². The fourth-order valence-electron chi connectivity index (χ4n) is 6.02. The third-order valence-corrected chi connectivity index (χ3v) is 8.46. The molecule has 0 aromatic heterocycles. The number of hydrogen-bond acceptors (Lipinski definition) is 8. The summed E-state index contributed by atoms with van der Waals surface area (Å²) in [5.74, 6) is -2.68. The molecule has 12 nitrogen and oxygen atoms in total. The molecule has 264 valence electrons. The van der Waals surface area contributed by atoms with Crippen molar-refractivity contribution in [2.75, 3.05) is 19.8 Å². The molecule has 0 spiro atoms. The zero-order valence-electron chi connectivity index (χ0n) is 28.3. The van der Waals surface area contributed by atoms with Crippen molar-refractivity contribution in [3.05, 3.63) is 95.6 Å². The standard InChI is InChI=1S/C38H45N5O7/c1-24(2)20-33(43-38(49)50-23-31-29-14-8-6-12-27(29)28-13-7-9-15-30(28)31)37(48)41-32(17-16-26(45)22-39)36(47)42-34(35(46)40-18-19-44)21-25-10-4-3-5-11-25/h3-15,22,24,31-34,39,44H,16-21,23H2,1-2H3,(H,40,46)(H,41,48)(H,42,47)(H,43,49)/t32-,33-,34-/m0/s1. The molecule has 0 unspecified atom stereocenters. The summed E-state index contributed by atoms with van der Waals surface area (Å²) in [6.07, 6.45) is -0.167. The van der Waals surface area contributed by atoms with Crippen molar-refractivity contribution in [1.82, 2.24) is 21.3 Å². The number of ketones is 1. The van der Waals surface area contributed by atoms with Crippen molar-refractivity contribution in [2.45, 2.75) is 63.6 Å². The molecule has 3 aromatic rings. The second-order valence-corrected chi connectivity index (χ2v) is 12.6. The topological polar surface area (TPSA) is 187 Å². The minimum absolute atomic E-state index is 0.0214. The Kier molecular flexibility index (Phi) is 13.8. The van der Waals surface area contributed by atoms with E-state index in [1.54, 1.807) is 24.3 Å². The van der Waals surface area contributed by atoms with Gasteiger partial charge in [-0.05, 0) is 46.6 Å². The summed E-state index contributed by atoms with van der Waals surface area (Å²) in [5.41, 5.74) is 5.01. The van der Waals surface area contributed by atoms with Crippen LogP contribution in [0.3, 0.4) is 0 Å². The lowest BCUT2D eigenvalue weighted by atomic mass is 9.98. The first kappa shape index (κ1) is 37.5. The molecule has 0 aliphatic heterocycles. The van der Waals surface area contributed by atoms with E-state index in [1.807, 2.05) is 68.4 Å². The van der Waals surface area contributed by atoms with Crippen LogP contribution in [0.15, 0.2) is 78.9 Å². The van der Waals surface area contributed by atoms with Gasteiger partial charge in [0.05, 0.1) is 12.8 Å². The number of fused-ring (bicyclic) bond motifs is 3. The number of benzene rings is 3. The van der Waals surface area contributed by atoms with Gasteiger partial charge >= 0.3 is 6.09 Å². The van der Waals surface area contributed by atoms with E-state index < -0.39 is 47.7 Å². The predicted octanol–water partition coefficient (Wildman–Crippen LogP) is 3.26. The highest BCUT2D eigenvalue weighted by Crippen LogP contribution is 2.44. The monoisotopic (exact) mass is 683 g/mol. The van der Waals surface area contributed by atoms with Gasteiger partial charge in [0, 0.05) is 25.3 Å². The van der Waals surface area contributed by atoms with Crippen LogP contribution in [0.4, 0.5) is 4.79 Å². The molecule has 1 aliphatic carbocycles. The number of aliphatic hydroxyl groups is 1. The molecule has 0 saturated carbocycles. The first-order valence-corrected chi connectivity index (χ1v) is 16.8. The van der Waals surface area contributed by atoms with E-state index in [2.05, 4.69) is 21.3 Å². The highest BCUT2D eigenvalue weighted by Gasteiger charge is 2.32. The average molecular weight is 684 g/mol. The molecule has 0 bridgehead atoms. The maximum absolute atomic E-state index is 13.7. The third kappa shape index (κ3) is 10.3. The van der Waals surface area contributed by atoms with E-state index in [9.17, 15) is 29.1 Å². The lowest BCUT2D eigenvalue weighted by molar-refractivity contribution is -0.133. The number of amides is 4. The summed E-state index contributed by atoms with van der Waals surface area (Å²) >= 11 is 0. The number of carbonyl (C=O) groups is 5. The molecule has 0 radical (unpaired) electrons. The second kappa shape index (κ2) is 18.4. The summed E-state index contributed by atoms with van der Waals surface area (Å²) in [6.45, 7) is 3.49. The molecule has 6 N–H and O–H groups in total. The van der Waals surface area contributed by atoms with Crippen LogP contribution >= 0.6 is 0 Å². The van der Waals surface area contributed by atoms with Crippen LogP contribution in [0, 0.1) is 11.3 Å². The Bertz CT molecular complexity index is 1620. The molecule has 3 aromatic carbocycles. The smallest absolute Gasteiger partial charge is 0.407 e. The number of ether oxygens (including phenoxy) is 1. The zero-order chi connectivity index (χ0) is 36.0. The van der Waals surface area contributed by atoms with Gasteiger partial charge in [0.15, 0.2) is 5.78 Å². The molecule has 3 atom stereocenters. The van der Waals surface area contributed by atoms with E-state index in [1.165, 1.54) is 0 Å². The van der Waals surface area contributed by atoms with E-state index in [0.717, 1.165) is 27.8 Å². The van der Waals surface area contributed by atoms with Gasteiger partial charge in [-0.3, -0.25) is 19.2 Å². The van der Waals surface area contributed by atoms with Gasteiger partial charge in [-0.15, -0.1) is 0 Å². The summed E-state index contributed by atoms with van der Waals surface area (Å²) in [4.78, 5) is 65.5. The van der Waals surface area contributed by atoms with Crippen LogP contribution in [-0.4, -0.2) is 78.8 Å². The predicted molar refractivity (Wildman–Crippen MR) is 189 cm³/mol. The SMILES string of the molecule is CC(C)C[C@H](NC(=O)OCC1c2ccccc2-c2ccccc21)C(=O)N[C@@H](CCC(=O)C=N)C(=O)N[C@@H](Cc1ccccc1)C(=O)NCCO. The Morgan fingerprint density at radius 2 is 1.36 bits per heavy atom. The molecular weight excluding hydrogens is 638 g/mol. The number of aliphatic hydroxyl groups excluding tert-OH is 1. The van der Waals surface area contributed by atoms with Crippen LogP contribution < -0.4 is 21.3 Å². The van der Waals surface area contributed by atoms with Crippen molar-refractivity contribution >= 4 is 35.8 Å². The van der Waals surface area contributed by atoms with Gasteiger partial charge in [0.25, 0.3) is 0 Å². The maximum Gasteiger partial charge on any atom is 0.407 e. The Labute approximate surface area is 291 Å². The molecule has 0 saturated heterocycles. The van der Waals surface area contributed by atoms with E-state index in [0.29, 0.717) is 6.21 Å². The first-order valence-electron chi connectivity index (χ1n) is 16.8. The quantitative estimate of drug-likeness (QED) is 0.111. The van der Waals surface area contributed by atoms with Crippen molar-refractivity contribution in [2.24, 2.45) is 5.92 Å². The number of Topliss-reactive ketones (excluding diaryl/α,β-unsaturated/α-hetero) is 1. The van der Waals surface area contributed by atoms with Crippen LogP contribution in [0.1, 0.15) is 55.7 Å². The van der Waals surface area contributed by atoms with Crippen molar-refractivity contribution in [1.29, 1.82) is 5.41 Å². The first-order chi connectivity index (χ1) is 24.1. The third-order valence-electron chi connectivity index (χ3n) is 8.46. The molecule has 50 heavy (non-hydrogen) atoms. The lowest BCUT2D eigenvalue weighted by Gasteiger charge is -2.26. The molecule has 1 aliphatic rings. The fraction of sp³-hybridized carbons (Fsp3) is 0.368. The van der Waals surface area contributed by atoms with Gasteiger partial charge in [0.1, 0.15) is 24.7 Å². The second-order valence-electron chi connectivity index (χ2n) is 12.6. The number of carbonyl (C=O) groups excluding carboxylic acids is 5. The van der Waals surface area contributed by atoms with Crippen LogP contribution in [0.5, 0.6) is 0 Å². The van der Waals surface area contributed by atoms with E-state index in [-0.39, 0.29) is 57.3 Å². The fourth-order valence-corrected chi connectivity index (χ4v) is 6.02. The van der Waals surface area contributed by atoms with Gasteiger partial charge in [-0.25, -0.2) is 4.79 Å². The Balaban J connectivity index is 1.46. The van der Waals surface area contributed by atoms with Crippen LogP contribution in [0.25, 0.3) is 11.1 Å². The molecule has 0 fully saturated rings. The largest absolute Gasteiger partial charge is 0.449 e. The van der Waals surface area contributed by atoms with Gasteiger partial charge < -0.3 is 36.5 Å². The van der Waals surface area contributed by atoms with Crippen molar-refractivity contribution in [3.8, 4) is 11.1 Å². The summed E-state index contributed by atoms with van der Waals surface area (Å²) in [5, 5.41) is 27.0. The minimum Gasteiger partial charge on any atom is -0.449 e. The molecule has 4 rings (SSSR count). The normalized spacial score (nSPS) is 13.6. The van der Waals surface area contributed by atoms with Gasteiger partial charge in [-0.2, -0.15) is 0 Å². The molecule has 12 heteroatoms. The number of rotatable bonds is 18. The highest BCUT2D eigenvalue weighted by atomic mass is 16.5. The highest BCUT2D eigenvalue weighted by molar-refractivity contribution is 6.26. The summed E-state index contributed by atoms with van der Waals surface area (Å²) < 4.78 is 5.67. The number of hydrogen-bond donors (Lipinski definition) is 6. The lowest BCUT2D eigenvalue weighted by Crippen LogP contribution is -2.57. The average Bonchev–Trinajstić information content (AvgIpc) is 3.44. The Hall–Kier alpha value is -5.36. The molecule has 0 heterocycles. The maximum atomic E-state index is 13.7. The molecule has 4 amide bonds. The van der Waals surface area contributed by atoms with Crippen LogP contribution in [-0.2, 0) is 30.3 Å². The van der Waals surface area contributed by atoms with Crippen LogP contribution in [0.2, 0.25) is 0 Å². The van der Waals surface area contributed by atoms with Crippen molar-refractivity contribution < 1.29 is 33.8 Å². The van der Waals surface area contributed by atoms with E-state index >= 15 is 0 Å².